The van der Waals surface area contributed by atoms with E-state index in [1.54, 1.807) is 12.1 Å². The Morgan fingerprint density at radius 3 is 2.58 bits per heavy atom. The molecule has 0 aliphatic rings. The van der Waals surface area contributed by atoms with Gasteiger partial charge in [0.1, 0.15) is 5.82 Å². The number of carbonyl (C=O) groups is 1. The van der Waals surface area contributed by atoms with Gasteiger partial charge in [0, 0.05) is 12.6 Å². The number of hydrogen-bond acceptors (Lipinski definition) is 2. The molecule has 3 nitrogen and oxygen atoms in total. The van der Waals surface area contributed by atoms with Gasteiger partial charge < -0.3 is 10.2 Å². The standard InChI is InChI=1S/C19H20ClFN2O/c1-23(2)13-18(15-6-4-3-5-7-15)22-19(24)11-9-14-8-10-17(21)16(20)12-14/h3-12,18H,13H2,1-2H3,(H,22,24)/b11-9+/t18-/m1/s1. The lowest BCUT2D eigenvalue weighted by Crippen LogP contribution is -2.34. The average Bonchev–Trinajstić information content (AvgIpc) is 2.56. The molecule has 2 aromatic carbocycles. The minimum atomic E-state index is -0.478. The van der Waals surface area contributed by atoms with Gasteiger partial charge in [-0.2, -0.15) is 0 Å². The van der Waals surface area contributed by atoms with Gasteiger partial charge in [0.15, 0.2) is 0 Å². The third-order valence-corrected chi connectivity index (χ3v) is 3.73. The summed E-state index contributed by atoms with van der Waals surface area (Å²) in [7, 11) is 3.91. The molecule has 0 saturated heterocycles. The minimum absolute atomic E-state index is 0.0346. The quantitative estimate of drug-likeness (QED) is 0.804. The predicted octanol–water partition coefficient (Wildman–Crippen LogP) is 3.91. The van der Waals surface area contributed by atoms with Crippen LogP contribution in [0.2, 0.25) is 5.02 Å². The number of benzene rings is 2. The van der Waals surface area contributed by atoms with Crippen molar-refractivity contribution >= 4 is 23.6 Å². The van der Waals surface area contributed by atoms with Crippen molar-refractivity contribution in [1.82, 2.24) is 10.2 Å². The molecule has 0 aliphatic carbocycles. The van der Waals surface area contributed by atoms with Crippen LogP contribution >= 0.6 is 11.6 Å². The minimum Gasteiger partial charge on any atom is -0.344 e. The van der Waals surface area contributed by atoms with Gasteiger partial charge in [-0.05, 0) is 43.4 Å². The lowest BCUT2D eigenvalue weighted by Gasteiger charge is -2.22. The van der Waals surface area contributed by atoms with E-state index in [-0.39, 0.29) is 17.0 Å². The molecule has 24 heavy (non-hydrogen) atoms. The van der Waals surface area contributed by atoms with E-state index in [4.69, 9.17) is 11.6 Å². The van der Waals surface area contributed by atoms with Crippen LogP contribution in [-0.2, 0) is 4.79 Å². The van der Waals surface area contributed by atoms with Crippen LogP contribution in [-0.4, -0.2) is 31.4 Å². The van der Waals surface area contributed by atoms with Gasteiger partial charge in [-0.15, -0.1) is 0 Å². The highest BCUT2D eigenvalue weighted by atomic mass is 35.5. The maximum atomic E-state index is 13.1. The fraction of sp³-hybridized carbons (Fsp3) is 0.211. The topological polar surface area (TPSA) is 32.3 Å². The van der Waals surface area contributed by atoms with Crippen LogP contribution in [0.4, 0.5) is 4.39 Å². The van der Waals surface area contributed by atoms with Crippen molar-refractivity contribution in [3.8, 4) is 0 Å². The third kappa shape index (κ3) is 5.48. The monoisotopic (exact) mass is 346 g/mol. The summed E-state index contributed by atoms with van der Waals surface area (Å²) < 4.78 is 13.1. The lowest BCUT2D eigenvalue weighted by atomic mass is 10.1. The number of nitrogens with one attached hydrogen (secondary N) is 1. The largest absolute Gasteiger partial charge is 0.344 e. The molecule has 0 fully saturated rings. The van der Waals surface area contributed by atoms with Crippen molar-refractivity contribution in [2.45, 2.75) is 6.04 Å². The van der Waals surface area contributed by atoms with Gasteiger partial charge in [-0.1, -0.05) is 48.0 Å². The van der Waals surface area contributed by atoms with Gasteiger partial charge in [0.2, 0.25) is 5.91 Å². The van der Waals surface area contributed by atoms with Gasteiger partial charge >= 0.3 is 0 Å². The highest BCUT2D eigenvalue weighted by Crippen LogP contribution is 2.17. The Morgan fingerprint density at radius 2 is 1.96 bits per heavy atom. The van der Waals surface area contributed by atoms with Crippen molar-refractivity contribution in [2.75, 3.05) is 20.6 Å². The first-order valence-electron chi connectivity index (χ1n) is 7.59. The van der Waals surface area contributed by atoms with E-state index in [2.05, 4.69) is 5.32 Å². The summed E-state index contributed by atoms with van der Waals surface area (Å²) in [5.74, 6) is -0.695. The van der Waals surface area contributed by atoms with Crippen LogP contribution in [0.25, 0.3) is 6.08 Å². The Balaban J connectivity index is 2.07. The first-order valence-corrected chi connectivity index (χ1v) is 7.97. The van der Waals surface area contributed by atoms with E-state index >= 15 is 0 Å². The second-order valence-electron chi connectivity index (χ2n) is 5.74. The number of nitrogens with zero attached hydrogens (tertiary/aromatic N) is 1. The number of hydrogen-bond donors (Lipinski definition) is 1. The SMILES string of the molecule is CN(C)C[C@@H](NC(=O)/C=C/c1ccc(F)c(Cl)c1)c1ccccc1. The van der Waals surface area contributed by atoms with E-state index in [1.165, 1.54) is 18.2 Å². The van der Waals surface area contributed by atoms with Crippen molar-refractivity contribution in [2.24, 2.45) is 0 Å². The number of halogens is 2. The second-order valence-corrected chi connectivity index (χ2v) is 6.15. The summed E-state index contributed by atoms with van der Waals surface area (Å²) in [6, 6.07) is 14.0. The van der Waals surface area contributed by atoms with Gasteiger partial charge in [-0.3, -0.25) is 4.79 Å². The summed E-state index contributed by atoms with van der Waals surface area (Å²) >= 11 is 5.74. The molecular weight excluding hydrogens is 327 g/mol. The lowest BCUT2D eigenvalue weighted by molar-refractivity contribution is -0.117. The average molecular weight is 347 g/mol. The first kappa shape index (κ1) is 18.2. The fourth-order valence-corrected chi connectivity index (χ4v) is 2.48. The molecule has 0 radical (unpaired) electrons. The summed E-state index contributed by atoms with van der Waals surface area (Å²) in [5, 5.41) is 3.02. The van der Waals surface area contributed by atoms with E-state index < -0.39 is 5.82 Å². The Morgan fingerprint density at radius 1 is 1.25 bits per heavy atom. The molecule has 1 N–H and O–H groups in total. The maximum absolute atomic E-state index is 13.1. The Labute approximate surface area is 146 Å². The Hall–Kier alpha value is -2.17. The Kier molecular flexibility index (Phi) is 6.53. The fourth-order valence-electron chi connectivity index (χ4n) is 2.29. The summed E-state index contributed by atoms with van der Waals surface area (Å²) in [6.45, 7) is 0.686. The van der Waals surface area contributed by atoms with Crippen LogP contribution in [0, 0.1) is 5.82 Å². The van der Waals surface area contributed by atoms with Crippen LogP contribution < -0.4 is 5.32 Å². The molecule has 2 rings (SSSR count). The molecule has 2 aromatic rings. The van der Waals surface area contributed by atoms with E-state index in [1.807, 2.05) is 49.3 Å². The molecule has 1 amide bonds. The first-order chi connectivity index (χ1) is 11.5. The molecule has 0 aromatic heterocycles. The molecule has 0 aliphatic heterocycles. The van der Waals surface area contributed by atoms with Gasteiger partial charge in [0.05, 0.1) is 11.1 Å². The highest BCUT2D eigenvalue weighted by Gasteiger charge is 2.13. The number of carbonyl (C=O) groups excluding carboxylic acids is 1. The summed E-state index contributed by atoms with van der Waals surface area (Å²) in [4.78, 5) is 14.2. The zero-order valence-electron chi connectivity index (χ0n) is 13.7. The summed E-state index contributed by atoms with van der Waals surface area (Å²) in [5.41, 5.74) is 1.71. The molecule has 1 atom stereocenters. The smallest absolute Gasteiger partial charge is 0.244 e. The zero-order valence-corrected chi connectivity index (χ0v) is 14.4. The van der Waals surface area contributed by atoms with Crippen molar-refractivity contribution in [3.05, 3.63) is 76.6 Å². The number of amides is 1. The number of rotatable bonds is 6. The molecule has 0 heterocycles. The molecule has 126 valence electrons. The zero-order chi connectivity index (χ0) is 17.5. The van der Waals surface area contributed by atoms with Crippen LogP contribution in [0.15, 0.2) is 54.6 Å². The van der Waals surface area contributed by atoms with Crippen molar-refractivity contribution < 1.29 is 9.18 Å². The summed E-state index contributed by atoms with van der Waals surface area (Å²) in [6.07, 6.45) is 3.04. The van der Waals surface area contributed by atoms with Crippen LogP contribution in [0.5, 0.6) is 0 Å². The van der Waals surface area contributed by atoms with Gasteiger partial charge in [-0.25, -0.2) is 4.39 Å². The number of likely N-dealkylation sites (N-methyl/N-ethyl adjacent to an activating group) is 1. The molecule has 5 heteroatoms. The van der Waals surface area contributed by atoms with Crippen molar-refractivity contribution in [1.29, 1.82) is 0 Å². The van der Waals surface area contributed by atoms with Crippen LogP contribution in [0.3, 0.4) is 0 Å². The third-order valence-electron chi connectivity index (χ3n) is 3.44. The van der Waals surface area contributed by atoms with E-state index in [9.17, 15) is 9.18 Å². The second kappa shape index (κ2) is 8.62. The molecule has 0 bridgehead atoms. The molecule has 0 saturated carbocycles. The van der Waals surface area contributed by atoms with Crippen LogP contribution in [0.1, 0.15) is 17.2 Å². The maximum Gasteiger partial charge on any atom is 0.244 e. The highest BCUT2D eigenvalue weighted by molar-refractivity contribution is 6.30. The van der Waals surface area contributed by atoms with Gasteiger partial charge in [0.25, 0.3) is 0 Å². The normalized spacial score (nSPS) is 12.5. The Bertz CT molecular complexity index is 717. The van der Waals surface area contributed by atoms with E-state index in [0.29, 0.717) is 12.1 Å². The van der Waals surface area contributed by atoms with E-state index in [0.717, 1.165) is 5.56 Å². The molecule has 0 spiro atoms. The molecular formula is C19H20ClFN2O. The van der Waals surface area contributed by atoms with Crippen molar-refractivity contribution in [3.63, 3.8) is 0 Å². The predicted molar refractivity (Wildman–Crippen MR) is 96.3 cm³/mol. The molecule has 0 unspecified atom stereocenters.